The van der Waals surface area contributed by atoms with Crippen LogP contribution in [0.3, 0.4) is 0 Å². The number of esters is 1. The molecule has 144 valence electrons. The zero-order valence-electron chi connectivity index (χ0n) is 16.0. The van der Waals surface area contributed by atoms with Gasteiger partial charge in [-0.25, -0.2) is 19.6 Å². The number of ether oxygens (including phenoxy) is 1. The van der Waals surface area contributed by atoms with Crippen LogP contribution < -0.4 is 10.6 Å². The molecule has 0 aliphatic heterocycles. The average molecular weight is 372 g/mol. The molecule has 0 radical (unpaired) electrons. The molecule has 27 heavy (non-hydrogen) atoms. The highest BCUT2D eigenvalue weighted by molar-refractivity contribution is 5.98. The molecule has 0 aliphatic rings. The average Bonchev–Trinajstić information content (AvgIpc) is 2.60. The molecule has 0 spiro atoms. The van der Waals surface area contributed by atoms with Gasteiger partial charge in [0.1, 0.15) is 0 Å². The van der Waals surface area contributed by atoms with Gasteiger partial charge in [0.2, 0.25) is 0 Å². The SMILES string of the molecule is Cc1nc2ccc(C(=O)OCC(=O)NC(=O)NCCC(C)C)cc2nc1C. The van der Waals surface area contributed by atoms with Crippen LogP contribution in [0.1, 0.15) is 42.0 Å². The Morgan fingerprint density at radius 1 is 1.07 bits per heavy atom. The highest BCUT2D eigenvalue weighted by Gasteiger charge is 2.14. The number of aromatic nitrogens is 2. The molecule has 0 bridgehead atoms. The molecule has 0 unspecified atom stereocenters. The van der Waals surface area contributed by atoms with Gasteiger partial charge < -0.3 is 10.1 Å². The molecule has 8 nitrogen and oxygen atoms in total. The third-order valence-electron chi connectivity index (χ3n) is 3.91. The summed E-state index contributed by atoms with van der Waals surface area (Å²) in [5, 5.41) is 4.68. The summed E-state index contributed by atoms with van der Waals surface area (Å²) >= 11 is 0. The molecule has 0 saturated carbocycles. The van der Waals surface area contributed by atoms with E-state index in [2.05, 4.69) is 20.6 Å². The van der Waals surface area contributed by atoms with E-state index < -0.39 is 24.5 Å². The predicted molar refractivity (Wildman–Crippen MR) is 100 cm³/mol. The van der Waals surface area contributed by atoms with E-state index in [0.29, 0.717) is 23.5 Å². The van der Waals surface area contributed by atoms with E-state index >= 15 is 0 Å². The van der Waals surface area contributed by atoms with Crippen molar-refractivity contribution in [3.8, 4) is 0 Å². The summed E-state index contributed by atoms with van der Waals surface area (Å²) in [6.07, 6.45) is 0.806. The van der Waals surface area contributed by atoms with E-state index in [-0.39, 0.29) is 5.56 Å². The fraction of sp³-hybridized carbons (Fsp3) is 0.421. The summed E-state index contributed by atoms with van der Waals surface area (Å²) in [5.74, 6) is -0.925. The Hall–Kier alpha value is -3.03. The standard InChI is InChI=1S/C19H24N4O4/c1-11(2)7-8-20-19(26)23-17(24)10-27-18(25)14-5-6-15-16(9-14)22-13(4)12(3)21-15/h5-6,9,11H,7-8,10H2,1-4H3,(H2,20,23,24,26). The first-order chi connectivity index (χ1) is 12.8. The zero-order chi connectivity index (χ0) is 20.0. The second-order valence-electron chi connectivity index (χ2n) is 6.66. The largest absolute Gasteiger partial charge is 0.452 e. The molecule has 2 aromatic rings. The molecule has 2 rings (SSSR count). The molecular weight excluding hydrogens is 348 g/mol. The van der Waals surface area contributed by atoms with Crippen LogP contribution in [0, 0.1) is 19.8 Å². The molecular formula is C19H24N4O4. The molecule has 2 N–H and O–H groups in total. The van der Waals surface area contributed by atoms with E-state index in [4.69, 9.17) is 4.74 Å². The number of nitrogens with one attached hydrogen (secondary N) is 2. The van der Waals surface area contributed by atoms with Crippen LogP contribution in [0.25, 0.3) is 11.0 Å². The number of imide groups is 1. The number of aryl methyl sites for hydroxylation is 2. The molecule has 1 heterocycles. The van der Waals surface area contributed by atoms with Gasteiger partial charge in [-0.1, -0.05) is 13.8 Å². The number of amides is 3. The highest BCUT2D eigenvalue weighted by Crippen LogP contribution is 2.15. The number of nitrogens with zero attached hydrogens (tertiary/aromatic N) is 2. The third-order valence-corrected chi connectivity index (χ3v) is 3.91. The number of hydrogen-bond donors (Lipinski definition) is 2. The second kappa shape index (κ2) is 9.07. The van der Waals surface area contributed by atoms with Crippen molar-refractivity contribution in [2.45, 2.75) is 34.1 Å². The number of carbonyl (C=O) groups is 3. The van der Waals surface area contributed by atoms with Crippen molar-refractivity contribution in [1.82, 2.24) is 20.6 Å². The minimum Gasteiger partial charge on any atom is -0.452 e. The number of hydrogen-bond acceptors (Lipinski definition) is 6. The first-order valence-electron chi connectivity index (χ1n) is 8.76. The molecule has 0 atom stereocenters. The summed E-state index contributed by atoms with van der Waals surface area (Å²) in [5.41, 5.74) is 3.10. The summed E-state index contributed by atoms with van der Waals surface area (Å²) in [6.45, 7) is 7.68. The van der Waals surface area contributed by atoms with Crippen LogP contribution in [0.2, 0.25) is 0 Å². The Labute approximate surface area is 157 Å². The molecule has 8 heteroatoms. The van der Waals surface area contributed by atoms with Crippen LogP contribution in [0.4, 0.5) is 4.79 Å². The van der Waals surface area contributed by atoms with Gasteiger partial charge in [-0.2, -0.15) is 0 Å². The van der Waals surface area contributed by atoms with Crippen LogP contribution in [0.5, 0.6) is 0 Å². The smallest absolute Gasteiger partial charge is 0.338 e. The Balaban J connectivity index is 1.88. The van der Waals surface area contributed by atoms with Crippen LogP contribution in [-0.4, -0.2) is 41.0 Å². The summed E-state index contributed by atoms with van der Waals surface area (Å²) < 4.78 is 4.96. The highest BCUT2D eigenvalue weighted by atomic mass is 16.5. The first kappa shape index (κ1) is 20.3. The molecule has 1 aromatic carbocycles. The second-order valence-corrected chi connectivity index (χ2v) is 6.66. The van der Waals surface area contributed by atoms with Crippen LogP contribution in [-0.2, 0) is 9.53 Å². The molecule has 3 amide bonds. The van der Waals surface area contributed by atoms with Crippen molar-refractivity contribution in [2.75, 3.05) is 13.2 Å². The first-order valence-corrected chi connectivity index (χ1v) is 8.76. The summed E-state index contributed by atoms with van der Waals surface area (Å²) in [4.78, 5) is 44.2. The van der Waals surface area contributed by atoms with Crippen LogP contribution >= 0.6 is 0 Å². The van der Waals surface area contributed by atoms with E-state index in [1.807, 2.05) is 27.7 Å². The van der Waals surface area contributed by atoms with Crippen molar-refractivity contribution >= 4 is 28.9 Å². The lowest BCUT2D eigenvalue weighted by molar-refractivity contribution is -0.123. The summed E-state index contributed by atoms with van der Waals surface area (Å²) in [7, 11) is 0. The van der Waals surface area contributed by atoms with Gasteiger partial charge in [-0.15, -0.1) is 0 Å². The van der Waals surface area contributed by atoms with Gasteiger partial charge in [0, 0.05) is 6.54 Å². The van der Waals surface area contributed by atoms with Crippen molar-refractivity contribution in [1.29, 1.82) is 0 Å². The predicted octanol–water partition coefficient (Wildman–Crippen LogP) is 2.28. The maximum absolute atomic E-state index is 12.1. The quantitative estimate of drug-likeness (QED) is 0.753. The fourth-order valence-corrected chi connectivity index (χ4v) is 2.25. The van der Waals surface area contributed by atoms with Gasteiger partial charge in [0.25, 0.3) is 5.91 Å². The van der Waals surface area contributed by atoms with Crippen molar-refractivity contribution < 1.29 is 19.1 Å². The lowest BCUT2D eigenvalue weighted by Gasteiger charge is -2.09. The number of urea groups is 1. The van der Waals surface area contributed by atoms with Gasteiger partial charge in [0.05, 0.1) is 28.0 Å². The lowest BCUT2D eigenvalue weighted by Crippen LogP contribution is -2.41. The van der Waals surface area contributed by atoms with Gasteiger partial charge >= 0.3 is 12.0 Å². The molecule has 0 fully saturated rings. The van der Waals surface area contributed by atoms with Gasteiger partial charge in [-0.3, -0.25) is 10.1 Å². The number of fused-ring (bicyclic) bond motifs is 1. The minimum atomic E-state index is -0.697. The lowest BCUT2D eigenvalue weighted by atomic mass is 10.1. The Bertz CT molecular complexity index is 864. The van der Waals surface area contributed by atoms with Gasteiger partial charge in [0.15, 0.2) is 6.61 Å². The minimum absolute atomic E-state index is 0.259. The van der Waals surface area contributed by atoms with Crippen molar-refractivity contribution in [3.63, 3.8) is 0 Å². The van der Waals surface area contributed by atoms with Crippen LogP contribution in [0.15, 0.2) is 18.2 Å². The Morgan fingerprint density at radius 2 is 1.74 bits per heavy atom. The van der Waals surface area contributed by atoms with E-state index in [9.17, 15) is 14.4 Å². The molecule has 0 saturated heterocycles. The van der Waals surface area contributed by atoms with Crippen molar-refractivity contribution in [3.05, 3.63) is 35.2 Å². The zero-order valence-corrected chi connectivity index (χ0v) is 16.0. The molecule has 1 aromatic heterocycles. The fourth-order valence-electron chi connectivity index (χ4n) is 2.25. The summed E-state index contributed by atoms with van der Waals surface area (Å²) in [6, 6.07) is 4.19. The molecule has 0 aliphatic carbocycles. The van der Waals surface area contributed by atoms with E-state index in [1.165, 1.54) is 0 Å². The normalized spacial score (nSPS) is 10.7. The topological polar surface area (TPSA) is 110 Å². The monoisotopic (exact) mass is 372 g/mol. The number of carbonyl (C=O) groups excluding carboxylic acids is 3. The number of benzene rings is 1. The van der Waals surface area contributed by atoms with E-state index in [1.54, 1.807) is 18.2 Å². The van der Waals surface area contributed by atoms with Gasteiger partial charge in [-0.05, 0) is 44.4 Å². The number of rotatable bonds is 6. The maximum atomic E-state index is 12.1. The third kappa shape index (κ3) is 6.02. The Kier molecular flexibility index (Phi) is 6.81. The van der Waals surface area contributed by atoms with E-state index in [0.717, 1.165) is 17.8 Å². The maximum Gasteiger partial charge on any atom is 0.338 e. The van der Waals surface area contributed by atoms with Crippen molar-refractivity contribution in [2.24, 2.45) is 5.92 Å². The Morgan fingerprint density at radius 3 is 2.41 bits per heavy atom.